The Balaban J connectivity index is 2.93. The Morgan fingerprint density at radius 1 is 1.73 bits per heavy atom. The van der Waals surface area contributed by atoms with Crippen LogP contribution in [0.25, 0.3) is 0 Å². The molecule has 0 saturated heterocycles. The van der Waals surface area contributed by atoms with E-state index in [4.69, 9.17) is 17.3 Å². The lowest BCUT2D eigenvalue weighted by Crippen LogP contribution is -2.09. The van der Waals surface area contributed by atoms with Crippen molar-refractivity contribution in [3.8, 4) is 0 Å². The fourth-order valence-electron chi connectivity index (χ4n) is 0.907. The molecule has 0 aliphatic heterocycles. The maximum Gasteiger partial charge on any atom is 0.0637 e. The Hall–Kier alpha value is -0.600. The Kier molecular flexibility index (Phi) is 2.85. The molecule has 0 aliphatic carbocycles. The van der Waals surface area contributed by atoms with Crippen molar-refractivity contribution >= 4 is 11.6 Å². The molecule has 1 aromatic rings. The van der Waals surface area contributed by atoms with Crippen LogP contribution in [0.2, 0.25) is 5.02 Å². The van der Waals surface area contributed by atoms with E-state index in [-0.39, 0.29) is 6.04 Å². The summed E-state index contributed by atoms with van der Waals surface area (Å²) in [7, 11) is 0. The number of hydrogen-bond acceptors (Lipinski definition) is 2. The topological polar surface area (TPSA) is 38.9 Å². The Morgan fingerprint density at radius 3 is 3.00 bits per heavy atom. The smallest absolute Gasteiger partial charge is 0.0637 e. The highest BCUT2D eigenvalue weighted by Gasteiger charge is 2.06. The van der Waals surface area contributed by atoms with E-state index in [2.05, 4.69) is 4.98 Å². The van der Waals surface area contributed by atoms with Crippen LogP contribution in [0.3, 0.4) is 0 Å². The summed E-state index contributed by atoms with van der Waals surface area (Å²) < 4.78 is 0. The SMILES string of the molecule is CC[C@H](N)c1ccncc1Cl. The Morgan fingerprint density at radius 2 is 2.45 bits per heavy atom. The third-order valence-electron chi connectivity index (χ3n) is 1.64. The van der Waals surface area contributed by atoms with Crippen LogP contribution in [0, 0.1) is 0 Å². The number of aromatic nitrogens is 1. The van der Waals surface area contributed by atoms with E-state index in [0.29, 0.717) is 5.02 Å². The van der Waals surface area contributed by atoms with Gasteiger partial charge in [-0.25, -0.2) is 0 Å². The van der Waals surface area contributed by atoms with Gasteiger partial charge >= 0.3 is 0 Å². The fraction of sp³-hybridized carbons (Fsp3) is 0.375. The average molecular weight is 171 g/mol. The number of hydrogen-bond donors (Lipinski definition) is 1. The molecule has 1 aromatic heterocycles. The molecule has 2 nitrogen and oxygen atoms in total. The van der Waals surface area contributed by atoms with Gasteiger partial charge in [0.1, 0.15) is 0 Å². The second-order valence-corrected chi connectivity index (χ2v) is 2.82. The van der Waals surface area contributed by atoms with Crippen LogP contribution in [-0.4, -0.2) is 4.98 Å². The van der Waals surface area contributed by atoms with E-state index in [1.54, 1.807) is 12.4 Å². The number of nitrogens with zero attached hydrogens (tertiary/aromatic N) is 1. The second kappa shape index (κ2) is 3.69. The zero-order chi connectivity index (χ0) is 8.27. The highest BCUT2D eigenvalue weighted by molar-refractivity contribution is 6.31. The maximum atomic E-state index is 5.86. The Labute approximate surface area is 71.4 Å². The van der Waals surface area contributed by atoms with Gasteiger partial charge in [-0.2, -0.15) is 0 Å². The van der Waals surface area contributed by atoms with Crippen molar-refractivity contribution in [3.05, 3.63) is 29.0 Å². The fourth-order valence-corrected chi connectivity index (χ4v) is 1.17. The van der Waals surface area contributed by atoms with Crippen molar-refractivity contribution in [3.63, 3.8) is 0 Å². The summed E-state index contributed by atoms with van der Waals surface area (Å²) in [5.41, 5.74) is 6.76. The molecule has 11 heavy (non-hydrogen) atoms. The quantitative estimate of drug-likeness (QED) is 0.739. The molecule has 1 rings (SSSR count). The van der Waals surface area contributed by atoms with E-state index in [1.165, 1.54) is 0 Å². The first kappa shape index (κ1) is 8.50. The van der Waals surface area contributed by atoms with Crippen LogP contribution >= 0.6 is 11.6 Å². The summed E-state index contributed by atoms with van der Waals surface area (Å²) in [5, 5.41) is 0.654. The molecule has 0 unspecified atom stereocenters. The van der Waals surface area contributed by atoms with E-state index in [9.17, 15) is 0 Å². The van der Waals surface area contributed by atoms with Gasteiger partial charge in [-0.1, -0.05) is 18.5 Å². The van der Waals surface area contributed by atoms with E-state index in [1.807, 2.05) is 13.0 Å². The van der Waals surface area contributed by atoms with E-state index >= 15 is 0 Å². The molecule has 0 fully saturated rings. The highest BCUT2D eigenvalue weighted by Crippen LogP contribution is 2.21. The molecule has 2 N–H and O–H groups in total. The standard InChI is InChI=1S/C8H11ClN2/c1-2-8(10)6-3-4-11-5-7(6)9/h3-5,8H,2,10H2,1H3/t8-/m0/s1. The monoisotopic (exact) mass is 170 g/mol. The molecular weight excluding hydrogens is 160 g/mol. The van der Waals surface area contributed by atoms with Gasteiger partial charge in [0.25, 0.3) is 0 Å². The van der Waals surface area contributed by atoms with E-state index < -0.39 is 0 Å². The molecule has 1 heterocycles. The Bertz CT molecular complexity index is 237. The number of nitrogens with two attached hydrogens (primary N) is 1. The van der Waals surface area contributed by atoms with Crippen molar-refractivity contribution in [2.24, 2.45) is 5.73 Å². The van der Waals surface area contributed by atoms with Crippen molar-refractivity contribution in [1.82, 2.24) is 4.98 Å². The van der Waals surface area contributed by atoms with Gasteiger partial charge in [-0.3, -0.25) is 4.98 Å². The van der Waals surface area contributed by atoms with Crippen LogP contribution in [-0.2, 0) is 0 Å². The molecule has 0 aliphatic rings. The van der Waals surface area contributed by atoms with Gasteiger partial charge < -0.3 is 5.73 Å². The molecule has 60 valence electrons. The minimum atomic E-state index is 0.0329. The molecular formula is C8H11ClN2. The molecule has 0 saturated carbocycles. The minimum Gasteiger partial charge on any atom is -0.324 e. The second-order valence-electron chi connectivity index (χ2n) is 2.41. The predicted molar refractivity (Wildman–Crippen MR) is 46.5 cm³/mol. The summed E-state index contributed by atoms with van der Waals surface area (Å²) in [5.74, 6) is 0. The van der Waals surface area contributed by atoms with Crippen LogP contribution in [0.1, 0.15) is 24.9 Å². The van der Waals surface area contributed by atoms with E-state index in [0.717, 1.165) is 12.0 Å². The third kappa shape index (κ3) is 1.91. The summed E-state index contributed by atoms with van der Waals surface area (Å²) in [6, 6.07) is 1.89. The molecule has 3 heteroatoms. The normalized spacial score (nSPS) is 13.0. The first-order valence-corrected chi connectivity index (χ1v) is 3.98. The maximum absolute atomic E-state index is 5.86. The van der Waals surface area contributed by atoms with Crippen LogP contribution in [0.5, 0.6) is 0 Å². The van der Waals surface area contributed by atoms with Crippen LogP contribution in [0.4, 0.5) is 0 Å². The first-order valence-electron chi connectivity index (χ1n) is 3.60. The lowest BCUT2D eigenvalue weighted by atomic mass is 10.1. The summed E-state index contributed by atoms with van der Waals surface area (Å²) >= 11 is 5.86. The van der Waals surface area contributed by atoms with Gasteiger partial charge in [0.2, 0.25) is 0 Å². The third-order valence-corrected chi connectivity index (χ3v) is 1.96. The van der Waals surface area contributed by atoms with Gasteiger partial charge in [0.05, 0.1) is 5.02 Å². The number of pyridine rings is 1. The zero-order valence-corrected chi connectivity index (χ0v) is 7.17. The van der Waals surface area contributed by atoms with Crippen molar-refractivity contribution < 1.29 is 0 Å². The zero-order valence-electron chi connectivity index (χ0n) is 6.42. The lowest BCUT2D eigenvalue weighted by molar-refractivity contribution is 0.697. The van der Waals surface area contributed by atoms with Crippen molar-refractivity contribution in [2.45, 2.75) is 19.4 Å². The number of rotatable bonds is 2. The average Bonchev–Trinajstić information content (AvgIpc) is 2.04. The largest absolute Gasteiger partial charge is 0.324 e. The molecule has 0 radical (unpaired) electrons. The molecule has 1 atom stereocenters. The van der Waals surface area contributed by atoms with Crippen LogP contribution < -0.4 is 5.73 Å². The minimum absolute atomic E-state index is 0.0329. The molecule has 0 aromatic carbocycles. The van der Waals surface area contributed by atoms with Gasteiger partial charge in [0.15, 0.2) is 0 Å². The van der Waals surface area contributed by atoms with Crippen molar-refractivity contribution in [2.75, 3.05) is 0 Å². The number of halogens is 1. The molecule has 0 amide bonds. The summed E-state index contributed by atoms with van der Waals surface area (Å²) in [6.07, 6.45) is 4.22. The summed E-state index contributed by atoms with van der Waals surface area (Å²) in [6.45, 7) is 2.03. The predicted octanol–water partition coefficient (Wildman–Crippen LogP) is 2.14. The van der Waals surface area contributed by atoms with Crippen LogP contribution in [0.15, 0.2) is 18.5 Å². The first-order chi connectivity index (χ1) is 5.25. The van der Waals surface area contributed by atoms with Gasteiger partial charge in [-0.05, 0) is 18.1 Å². The molecule has 0 spiro atoms. The van der Waals surface area contributed by atoms with Gasteiger partial charge in [-0.15, -0.1) is 0 Å². The lowest BCUT2D eigenvalue weighted by Gasteiger charge is -2.09. The highest BCUT2D eigenvalue weighted by atomic mass is 35.5. The molecule has 0 bridgehead atoms. The van der Waals surface area contributed by atoms with Crippen molar-refractivity contribution in [1.29, 1.82) is 0 Å². The van der Waals surface area contributed by atoms with Gasteiger partial charge in [0, 0.05) is 18.4 Å². The summed E-state index contributed by atoms with van der Waals surface area (Å²) in [4.78, 5) is 3.87.